The number of hydrogen-bond donors (Lipinski definition) is 1. The van der Waals surface area contributed by atoms with Gasteiger partial charge in [0.05, 0.1) is 4.88 Å². The molecule has 1 aromatic carbocycles. The summed E-state index contributed by atoms with van der Waals surface area (Å²) in [5.41, 5.74) is 0. The summed E-state index contributed by atoms with van der Waals surface area (Å²) in [5, 5.41) is 9.51. The van der Waals surface area contributed by atoms with Crippen molar-refractivity contribution >= 4 is 22.9 Å². The van der Waals surface area contributed by atoms with Crippen molar-refractivity contribution in [2.45, 2.75) is 25.3 Å². The standard InChI is InChI=1S/C13H11ClF3NO2S/c1-7(20-9-4-2-3-8(14)5-9)11(19)10-6-18-12(21-10)13(15,16)17/h2-7,11,19H,1H3. The van der Waals surface area contributed by atoms with Gasteiger partial charge < -0.3 is 9.84 Å². The normalized spacial score (nSPS) is 14.8. The molecule has 0 aliphatic heterocycles. The van der Waals surface area contributed by atoms with Gasteiger partial charge in [0.25, 0.3) is 0 Å². The molecule has 0 aliphatic carbocycles. The molecule has 21 heavy (non-hydrogen) atoms. The van der Waals surface area contributed by atoms with Crippen LogP contribution in [0.25, 0.3) is 0 Å². The molecule has 0 saturated heterocycles. The van der Waals surface area contributed by atoms with Gasteiger partial charge in [-0.15, -0.1) is 11.3 Å². The fourth-order valence-corrected chi connectivity index (χ4v) is 2.65. The maximum Gasteiger partial charge on any atom is 0.443 e. The second kappa shape index (κ2) is 6.21. The molecule has 0 amide bonds. The van der Waals surface area contributed by atoms with Crippen LogP contribution in [-0.2, 0) is 6.18 Å². The fourth-order valence-electron chi connectivity index (χ4n) is 1.61. The molecule has 0 spiro atoms. The Kier molecular flexibility index (Phi) is 4.75. The predicted molar refractivity (Wildman–Crippen MR) is 73.6 cm³/mol. The summed E-state index contributed by atoms with van der Waals surface area (Å²) in [6.45, 7) is 1.55. The minimum atomic E-state index is -4.51. The molecule has 2 atom stereocenters. The van der Waals surface area contributed by atoms with Gasteiger partial charge in [-0.2, -0.15) is 13.2 Å². The van der Waals surface area contributed by atoms with E-state index in [0.29, 0.717) is 22.1 Å². The van der Waals surface area contributed by atoms with Crippen LogP contribution in [0, 0.1) is 0 Å². The largest absolute Gasteiger partial charge is 0.488 e. The Morgan fingerprint density at radius 2 is 2.10 bits per heavy atom. The third-order valence-corrected chi connectivity index (χ3v) is 3.97. The van der Waals surface area contributed by atoms with Crippen LogP contribution in [0.4, 0.5) is 13.2 Å². The zero-order valence-corrected chi connectivity index (χ0v) is 12.3. The smallest absolute Gasteiger partial charge is 0.443 e. The van der Waals surface area contributed by atoms with Crippen LogP contribution in [0.3, 0.4) is 0 Å². The quantitative estimate of drug-likeness (QED) is 0.903. The van der Waals surface area contributed by atoms with Crippen molar-refractivity contribution < 1.29 is 23.0 Å². The molecule has 0 saturated carbocycles. The first kappa shape index (κ1) is 16.1. The van der Waals surface area contributed by atoms with E-state index in [1.165, 1.54) is 0 Å². The lowest BCUT2D eigenvalue weighted by atomic mass is 10.2. The Hall–Kier alpha value is -1.31. The van der Waals surface area contributed by atoms with Gasteiger partial charge in [0.2, 0.25) is 0 Å². The van der Waals surface area contributed by atoms with Crippen LogP contribution < -0.4 is 4.74 Å². The average molecular weight is 338 g/mol. The number of ether oxygens (including phenoxy) is 1. The highest BCUT2D eigenvalue weighted by molar-refractivity contribution is 7.11. The summed E-state index contributed by atoms with van der Waals surface area (Å²) in [6, 6.07) is 6.53. The Morgan fingerprint density at radius 1 is 1.38 bits per heavy atom. The number of thiazole rings is 1. The minimum Gasteiger partial charge on any atom is -0.488 e. The monoisotopic (exact) mass is 337 g/mol. The van der Waals surface area contributed by atoms with Crippen LogP contribution >= 0.6 is 22.9 Å². The highest BCUT2D eigenvalue weighted by atomic mass is 35.5. The topological polar surface area (TPSA) is 42.4 Å². The minimum absolute atomic E-state index is 0.0943. The van der Waals surface area contributed by atoms with Crippen molar-refractivity contribution in [1.82, 2.24) is 4.98 Å². The Bertz CT molecular complexity index is 617. The van der Waals surface area contributed by atoms with Gasteiger partial charge in [-0.05, 0) is 25.1 Å². The average Bonchev–Trinajstić information content (AvgIpc) is 2.87. The number of rotatable bonds is 4. The number of aliphatic hydroxyl groups is 1. The molecule has 2 rings (SSSR count). The lowest BCUT2D eigenvalue weighted by Gasteiger charge is -2.19. The Balaban J connectivity index is 2.08. The highest BCUT2D eigenvalue weighted by Crippen LogP contribution is 2.35. The summed E-state index contributed by atoms with van der Waals surface area (Å²) in [6.07, 6.45) is -5.46. The molecule has 3 nitrogen and oxygen atoms in total. The first-order chi connectivity index (χ1) is 9.77. The van der Waals surface area contributed by atoms with Gasteiger partial charge in [-0.3, -0.25) is 0 Å². The van der Waals surface area contributed by atoms with Crippen LogP contribution in [0.2, 0.25) is 5.02 Å². The number of halogens is 4. The van der Waals surface area contributed by atoms with Gasteiger partial charge >= 0.3 is 6.18 Å². The summed E-state index contributed by atoms with van der Waals surface area (Å²) in [5.74, 6) is 0.426. The molecule has 0 radical (unpaired) electrons. The molecule has 114 valence electrons. The van der Waals surface area contributed by atoms with E-state index in [1.807, 2.05) is 0 Å². The summed E-state index contributed by atoms with van der Waals surface area (Å²) in [7, 11) is 0. The lowest BCUT2D eigenvalue weighted by molar-refractivity contribution is -0.137. The van der Waals surface area contributed by atoms with Gasteiger partial charge in [0, 0.05) is 11.2 Å². The molecule has 0 aliphatic rings. The molecule has 1 heterocycles. The number of aromatic nitrogens is 1. The molecular formula is C13H11ClF3NO2S. The van der Waals surface area contributed by atoms with Crippen molar-refractivity contribution in [1.29, 1.82) is 0 Å². The van der Waals surface area contributed by atoms with Crippen LogP contribution in [0.5, 0.6) is 5.75 Å². The van der Waals surface area contributed by atoms with E-state index in [9.17, 15) is 18.3 Å². The van der Waals surface area contributed by atoms with E-state index in [-0.39, 0.29) is 4.88 Å². The second-order valence-electron chi connectivity index (χ2n) is 4.29. The lowest BCUT2D eigenvalue weighted by Crippen LogP contribution is -2.21. The Labute approximate surface area is 128 Å². The molecule has 2 unspecified atom stereocenters. The SMILES string of the molecule is CC(Oc1cccc(Cl)c1)C(O)c1cnc(C(F)(F)F)s1. The zero-order valence-electron chi connectivity index (χ0n) is 10.8. The predicted octanol–water partition coefficient (Wildman–Crippen LogP) is 4.32. The number of nitrogens with zero attached hydrogens (tertiary/aromatic N) is 1. The number of hydrogen-bond acceptors (Lipinski definition) is 4. The van der Waals surface area contributed by atoms with Crippen molar-refractivity contribution in [3.05, 3.63) is 45.4 Å². The first-order valence-corrected chi connectivity index (χ1v) is 7.10. The summed E-state index contributed by atoms with van der Waals surface area (Å²) < 4.78 is 42.9. The van der Waals surface area contributed by atoms with Gasteiger partial charge in [0.15, 0.2) is 5.01 Å². The molecular weight excluding hydrogens is 327 g/mol. The van der Waals surface area contributed by atoms with Crippen LogP contribution in [-0.4, -0.2) is 16.2 Å². The van der Waals surface area contributed by atoms with Crippen molar-refractivity contribution in [2.75, 3.05) is 0 Å². The van der Waals surface area contributed by atoms with E-state index in [2.05, 4.69) is 4.98 Å². The molecule has 2 aromatic rings. The number of benzene rings is 1. The van der Waals surface area contributed by atoms with Crippen LogP contribution in [0.1, 0.15) is 22.9 Å². The maximum absolute atomic E-state index is 12.5. The fraction of sp³-hybridized carbons (Fsp3) is 0.308. The van der Waals surface area contributed by atoms with Gasteiger partial charge in [-0.25, -0.2) is 4.98 Å². The van der Waals surface area contributed by atoms with E-state index >= 15 is 0 Å². The summed E-state index contributed by atoms with van der Waals surface area (Å²) >= 11 is 6.20. The molecule has 1 aromatic heterocycles. The first-order valence-electron chi connectivity index (χ1n) is 5.90. The van der Waals surface area contributed by atoms with E-state index in [4.69, 9.17) is 16.3 Å². The number of aliphatic hydroxyl groups excluding tert-OH is 1. The molecule has 1 N–H and O–H groups in total. The number of alkyl halides is 3. The maximum atomic E-state index is 12.5. The molecule has 8 heteroatoms. The zero-order chi connectivity index (χ0) is 15.6. The van der Waals surface area contributed by atoms with Gasteiger partial charge in [0.1, 0.15) is 18.0 Å². The molecule has 0 bridgehead atoms. The van der Waals surface area contributed by atoms with Crippen molar-refractivity contribution in [3.63, 3.8) is 0 Å². The third kappa shape index (κ3) is 4.09. The third-order valence-electron chi connectivity index (χ3n) is 2.62. The highest BCUT2D eigenvalue weighted by Gasteiger charge is 2.35. The van der Waals surface area contributed by atoms with Crippen LogP contribution in [0.15, 0.2) is 30.5 Å². The van der Waals surface area contributed by atoms with E-state index in [1.54, 1.807) is 31.2 Å². The second-order valence-corrected chi connectivity index (χ2v) is 5.79. The van der Waals surface area contributed by atoms with E-state index < -0.39 is 23.4 Å². The summed E-state index contributed by atoms with van der Waals surface area (Å²) in [4.78, 5) is 3.36. The van der Waals surface area contributed by atoms with Crippen molar-refractivity contribution in [2.24, 2.45) is 0 Å². The van der Waals surface area contributed by atoms with Gasteiger partial charge in [-0.1, -0.05) is 17.7 Å². The van der Waals surface area contributed by atoms with Crippen molar-refractivity contribution in [3.8, 4) is 5.75 Å². The Morgan fingerprint density at radius 3 is 2.67 bits per heavy atom. The van der Waals surface area contributed by atoms with E-state index in [0.717, 1.165) is 6.20 Å². The molecule has 0 fully saturated rings.